The smallest absolute Gasteiger partial charge is 0.264 e. The van der Waals surface area contributed by atoms with Gasteiger partial charge in [0.2, 0.25) is 0 Å². The summed E-state index contributed by atoms with van der Waals surface area (Å²) in [5.74, 6) is 0. The van der Waals surface area contributed by atoms with Crippen molar-refractivity contribution in [3.8, 4) is 0 Å². The number of rotatable bonds is 4. The van der Waals surface area contributed by atoms with Crippen LogP contribution in [0.3, 0.4) is 0 Å². The lowest BCUT2D eigenvalue weighted by Gasteiger charge is -2.12. The van der Waals surface area contributed by atoms with Crippen LogP contribution >= 0.6 is 39.7 Å². The first kappa shape index (κ1) is 16.2. The Bertz CT molecular complexity index is 812. The zero-order chi connectivity index (χ0) is 15.6. The van der Waals surface area contributed by atoms with E-state index < -0.39 is 10.0 Å². The molecule has 1 aromatic heterocycles. The van der Waals surface area contributed by atoms with E-state index in [1.54, 1.807) is 12.1 Å². The average molecular weight is 407 g/mol. The van der Waals surface area contributed by atoms with Gasteiger partial charge in [0.1, 0.15) is 15.6 Å². The third-order valence-electron chi connectivity index (χ3n) is 2.47. The van der Waals surface area contributed by atoms with Crippen LogP contribution in [0.25, 0.3) is 0 Å². The molecule has 0 aliphatic carbocycles. The van der Waals surface area contributed by atoms with Gasteiger partial charge in [0, 0.05) is 15.7 Å². The van der Waals surface area contributed by atoms with Gasteiger partial charge in [-0.15, -0.1) is 0 Å². The third-order valence-corrected chi connectivity index (χ3v) is 4.98. The van der Waals surface area contributed by atoms with Crippen LogP contribution in [0.5, 0.6) is 0 Å². The van der Waals surface area contributed by atoms with E-state index in [1.165, 1.54) is 24.4 Å². The van der Waals surface area contributed by atoms with Gasteiger partial charge in [0.05, 0.1) is 5.69 Å². The molecule has 0 spiro atoms. The maximum absolute atomic E-state index is 12.5. The first-order chi connectivity index (χ1) is 9.81. The Kier molecular flexibility index (Phi) is 4.82. The molecule has 0 amide bonds. The van der Waals surface area contributed by atoms with E-state index in [4.69, 9.17) is 29.6 Å². The number of halogens is 2. The summed E-state index contributed by atoms with van der Waals surface area (Å²) in [4.78, 5) is 3.71. The molecule has 110 valence electrons. The second-order valence-electron chi connectivity index (χ2n) is 3.94. The van der Waals surface area contributed by atoms with Gasteiger partial charge < -0.3 is 5.73 Å². The molecule has 0 radical (unpaired) electrons. The summed E-state index contributed by atoms with van der Waals surface area (Å²) in [5.41, 5.74) is 5.85. The SMILES string of the molecule is NC(=S)c1ncccc1S(=O)(=O)Nc1cc(Cl)ccc1Br. The first-order valence-electron chi connectivity index (χ1n) is 5.54. The summed E-state index contributed by atoms with van der Waals surface area (Å²) in [7, 11) is -3.90. The molecule has 1 heterocycles. The Hall–Kier alpha value is -1.22. The van der Waals surface area contributed by atoms with E-state index >= 15 is 0 Å². The van der Waals surface area contributed by atoms with E-state index in [2.05, 4.69) is 25.6 Å². The van der Waals surface area contributed by atoms with E-state index in [0.29, 0.717) is 15.2 Å². The third kappa shape index (κ3) is 3.70. The van der Waals surface area contributed by atoms with Gasteiger partial charge in [-0.05, 0) is 46.3 Å². The summed E-state index contributed by atoms with van der Waals surface area (Å²) >= 11 is 13.9. The van der Waals surface area contributed by atoms with Crippen molar-refractivity contribution < 1.29 is 8.42 Å². The van der Waals surface area contributed by atoms with E-state index in [0.717, 1.165) is 0 Å². The molecule has 9 heteroatoms. The fourth-order valence-electron chi connectivity index (χ4n) is 1.57. The van der Waals surface area contributed by atoms with Crippen LogP contribution in [-0.4, -0.2) is 18.4 Å². The molecule has 0 aliphatic heterocycles. The van der Waals surface area contributed by atoms with Crippen molar-refractivity contribution in [2.75, 3.05) is 4.72 Å². The van der Waals surface area contributed by atoms with Crippen LogP contribution < -0.4 is 10.5 Å². The standard InChI is InChI=1S/C12H9BrClN3O2S2/c13-8-4-3-7(14)6-9(8)17-21(18,19)10-2-1-5-16-11(10)12(15)20/h1-6,17H,(H2,15,20). The van der Waals surface area contributed by atoms with E-state index in [1.807, 2.05) is 0 Å². The van der Waals surface area contributed by atoms with Crippen molar-refractivity contribution in [1.29, 1.82) is 0 Å². The van der Waals surface area contributed by atoms with Crippen LogP contribution in [0, 0.1) is 0 Å². The quantitative estimate of drug-likeness (QED) is 0.763. The Morgan fingerprint density at radius 1 is 1.38 bits per heavy atom. The fourth-order valence-corrected chi connectivity index (χ4v) is 3.69. The molecular formula is C12H9BrClN3O2S2. The summed E-state index contributed by atoms with van der Waals surface area (Å²) < 4.78 is 27.9. The maximum atomic E-state index is 12.5. The molecule has 3 N–H and O–H groups in total. The number of anilines is 1. The van der Waals surface area contributed by atoms with Gasteiger partial charge >= 0.3 is 0 Å². The molecule has 0 atom stereocenters. The van der Waals surface area contributed by atoms with Crippen LogP contribution in [-0.2, 0) is 10.0 Å². The monoisotopic (exact) mass is 405 g/mol. The highest BCUT2D eigenvalue weighted by atomic mass is 79.9. The molecule has 21 heavy (non-hydrogen) atoms. The highest BCUT2D eigenvalue weighted by molar-refractivity contribution is 9.10. The summed E-state index contributed by atoms with van der Waals surface area (Å²) in [6.45, 7) is 0. The Morgan fingerprint density at radius 2 is 2.10 bits per heavy atom. The molecule has 0 bridgehead atoms. The lowest BCUT2D eigenvalue weighted by atomic mass is 10.3. The zero-order valence-corrected chi connectivity index (χ0v) is 14.4. The van der Waals surface area contributed by atoms with E-state index in [-0.39, 0.29) is 15.6 Å². The van der Waals surface area contributed by atoms with Crippen molar-refractivity contribution >= 4 is 60.4 Å². The van der Waals surface area contributed by atoms with Crippen LogP contribution in [0.4, 0.5) is 5.69 Å². The number of thiocarbonyl (C=S) groups is 1. The highest BCUT2D eigenvalue weighted by Gasteiger charge is 2.21. The number of hydrogen-bond acceptors (Lipinski definition) is 4. The lowest BCUT2D eigenvalue weighted by Crippen LogP contribution is -2.21. The predicted octanol–water partition coefficient (Wildman–Crippen LogP) is 2.93. The number of pyridine rings is 1. The van der Waals surface area contributed by atoms with E-state index in [9.17, 15) is 8.42 Å². The molecule has 0 saturated heterocycles. The van der Waals surface area contributed by atoms with Crippen molar-refractivity contribution in [2.45, 2.75) is 4.90 Å². The number of nitrogens with one attached hydrogen (secondary N) is 1. The highest BCUT2D eigenvalue weighted by Crippen LogP contribution is 2.28. The zero-order valence-electron chi connectivity index (χ0n) is 10.4. The summed E-state index contributed by atoms with van der Waals surface area (Å²) in [6.07, 6.45) is 1.42. The Balaban J connectivity index is 2.49. The summed E-state index contributed by atoms with van der Waals surface area (Å²) in [6, 6.07) is 7.62. The predicted molar refractivity (Wildman–Crippen MR) is 90.1 cm³/mol. The van der Waals surface area contributed by atoms with Crippen molar-refractivity contribution in [3.63, 3.8) is 0 Å². The van der Waals surface area contributed by atoms with Crippen molar-refractivity contribution in [3.05, 3.63) is 51.7 Å². The molecule has 2 aromatic rings. The average Bonchev–Trinajstić information content (AvgIpc) is 2.42. The normalized spacial score (nSPS) is 11.1. The molecule has 0 fully saturated rings. The number of nitrogens with zero attached hydrogens (tertiary/aromatic N) is 1. The largest absolute Gasteiger partial charge is 0.388 e. The van der Waals surface area contributed by atoms with Gasteiger partial charge in [-0.1, -0.05) is 23.8 Å². The Morgan fingerprint density at radius 3 is 2.76 bits per heavy atom. The minimum absolute atomic E-state index is 0.0400. The number of sulfonamides is 1. The van der Waals surface area contributed by atoms with Crippen LogP contribution in [0.1, 0.15) is 5.69 Å². The van der Waals surface area contributed by atoms with Gasteiger partial charge in [0.25, 0.3) is 10.0 Å². The van der Waals surface area contributed by atoms with Crippen LogP contribution in [0.15, 0.2) is 45.9 Å². The second-order valence-corrected chi connectivity index (χ2v) is 7.33. The van der Waals surface area contributed by atoms with Gasteiger partial charge in [-0.25, -0.2) is 8.42 Å². The number of aromatic nitrogens is 1. The minimum Gasteiger partial charge on any atom is -0.388 e. The fraction of sp³-hybridized carbons (Fsp3) is 0. The lowest BCUT2D eigenvalue weighted by molar-refractivity contribution is 0.600. The number of nitrogens with two attached hydrogens (primary N) is 1. The molecule has 2 rings (SSSR count). The summed E-state index contributed by atoms with van der Waals surface area (Å²) in [5, 5.41) is 0.400. The first-order valence-corrected chi connectivity index (χ1v) is 8.60. The van der Waals surface area contributed by atoms with Crippen LogP contribution in [0.2, 0.25) is 5.02 Å². The van der Waals surface area contributed by atoms with Crippen molar-refractivity contribution in [1.82, 2.24) is 4.98 Å². The van der Waals surface area contributed by atoms with Gasteiger partial charge in [-0.2, -0.15) is 0 Å². The topological polar surface area (TPSA) is 85.1 Å². The maximum Gasteiger partial charge on any atom is 0.264 e. The molecule has 5 nitrogen and oxygen atoms in total. The van der Waals surface area contributed by atoms with Crippen molar-refractivity contribution in [2.24, 2.45) is 5.73 Å². The van der Waals surface area contributed by atoms with Gasteiger partial charge in [-0.3, -0.25) is 9.71 Å². The molecule has 0 unspecified atom stereocenters. The Labute approximate surface area is 140 Å². The molecular weight excluding hydrogens is 398 g/mol. The molecule has 1 aromatic carbocycles. The van der Waals surface area contributed by atoms with Gasteiger partial charge in [0.15, 0.2) is 0 Å². The number of hydrogen-bond donors (Lipinski definition) is 2. The number of benzene rings is 1. The molecule has 0 saturated carbocycles. The molecule has 0 aliphatic rings. The minimum atomic E-state index is -3.90. The second kappa shape index (κ2) is 6.27.